The molecule has 4 nitrogen and oxygen atoms in total. The fourth-order valence-electron chi connectivity index (χ4n) is 1.01. The summed E-state index contributed by atoms with van der Waals surface area (Å²) in [5.74, 6) is -0.596. The van der Waals surface area contributed by atoms with Crippen LogP contribution in [0, 0.1) is 6.92 Å². The van der Waals surface area contributed by atoms with Gasteiger partial charge in [0.05, 0.1) is 6.61 Å². The first-order valence-corrected chi connectivity index (χ1v) is 4.30. The summed E-state index contributed by atoms with van der Waals surface area (Å²) in [7, 11) is 0. The van der Waals surface area contributed by atoms with E-state index >= 15 is 0 Å². The molecule has 0 radical (unpaired) electrons. The molecule has 76 valence electrons. The minimum absolute atomic E-state index is 0.572. The zero-order chi connectivity index (χ0) is 10.6. The van der Waals surface area contributed by atoms with E-state index in [0.29, 0.717) is 5.69 Å². The van der Waals surface area contributed by atoms with Crippen LogP contribution in [0.1, 0.15) is 5.56 Å². The first kappa shape index (κ1) is 10.7. The molecule has 1 aromatic carbocycles. The van der Waals surface area contributed by atoms with Crippen LogP contribution in [0.25, 0.3) is 0 Å². The maximum atomic E-state index is 11.2. The van der Waals surface area contributed by atoms with Crippen LogP contribution in [-0.2, 0) is 4.79 Å². The van der Waals surface area contributed by atoms with E-state index in [9.17, 15) is 4.79 Å². The van der Waals surface area contributed by atoms with Gasteiger partial charge in [-0.05, 0) is 18.6 Å². The van der Waals surface area contributed by atoms with Gasteiger partial charge in [-0.25, -0.2) is 0 Å². The van der Waals surface area contributed by atoms with Crippen LogP contribution in [-0.4, -0.2) is 28.8 Å². The van der Waals surface area contributed by atoms with Crippen molar-refractivity contribution in [2.24, 2.45) is 0 Å². The van der Waals surface area contributed by atoms with Gasteiger partial charge in [-0.2, -0.15) is 0 Å². The maximum Gasteiger partial charge on any atom is 0.255 e. The summed E-state index contributed by atoms with van der Waals surface area (Å²) in [5.41, 5.74) is 1.55. The second-order valence-corrected chi connectivity index (χ2v) is 3.00. The molecule has 0 aliphatic rings. The molecule has 1 aromatic rings. The van der Waals surface area contributed by atoms with Gasteiger partial charge >= 0.3 is 0 Å². The van der Waals surface area contributed by atoms with Crippen molar-refractivity contribution < 1.29 is 15.0 Å². The second kappa shape index (κ2) is 4.74. The largest absolute Gasteiger partial charge is 0.393 e. The van der Waals surface area contributed by atoms with Crippen molar-refractivity contribution in [3.05, 3.63) is 29.8 Å². The summed E-state index contributed by atoms with van der Waals surface area (Å²) in [6.07, 6.45) is -1.37. The number of carbonyl (C=O) groups is 1. The molecule has 0 saturated heterocycles. The lowest BCUT2D eigenvalue weighted by atomic mass is 10.2. The number of benzene rings is 1. The van der Waals surface area contributed by atoms with Gasteiger partial charge in [0.15, 0.2) is 6.10 Å². The minimum atomic E-state index is -1.37. The standard InChI is InChI=1S/C10H13NO3/c1-7-4-2-3-5-8(7)11-10(14)9(13)6-12/h2-5,9,12-13H,6H2,1H3,(H,11,14). The van der Waals surface area contributed by atoms with Gasteiger partial charge in [0.25, 0.3) is 5.91 Å². The van der Waals surface area contributed by atoms with E-state index in [1.807, 2.05) is 19.1 Å². The predicted octanol–water partition coefficient (Wildman–Crippen LogP) is 0.287. The molecule has 0 aromatic heterocycles. The Morgan fingerprint density at radius 3 is 2.71 bits per heavy atom. The van der Waals surface area contributed by atoms with Crippen molar-refractivity contribution in [2.45, 2.75) is 13.0 Å². The highest BCUT2D eigenvalue weighted by Crippen LogP contribution is 2.13. The highest BCUT2D eigenvalue weighted by Gasteiger charge is 2.13. The van der Waals surface area contributed by atoms with Crippen LogP contribution in [0.15, 0.2) is 24.3 Å². The smallest absolute Gasteiger partial charge is 0.255 e. The maximum absolute atomic E-state index is 11.2. The first-order chi connectivity index (χ1) is 6.65. The Morgan fingerprint density at radius 1 is 1.50 bits per heavy atom. The predicted molar refractivity (Wildman–Crippen MR) is 52.9 cm³/mol. The number of carbonyl (C=O) groups excluding carboxylic acids is 1. The highest BCUT2D eigenvalue weighted by atomic mass is 16.3. The molecule has 4 heteroatoms. The third kappa shape index (κ3) is 2.55. The van der Waals surface area contributed by atoms with Crippen molar-refractivity contribution in [3.8, 4) is 0 Å². The molecular weight excluding hydrogens is 182 g/mol. The number of hydrogen-bond acceptors (Lipinski definition) is 3. The van der Waals surface area contributed by atoms with E-state index < -0.39 is 18.6 Å². The molecule has 0 bridgehead atoms. The number of amides is 1. The van der Waals surface area contributed by atoms with Crippen LogP contribution < -0.4 is 5.32 Å². The number of aliphatic hydroxyl groups excluding tert-OH is 2. The molecule has 0 saturated carbocycles. The zero-order valence-corrected chi connectivity index (χ0v) is 7.90. The summed E-state index contributed by atoms with van der Waals surface area (Å²) in [4.78, 5) is 11.2. The van der Waals surface area contributed by atoms with Gasteiger partial charge < -0.3 is 15.5 Å². The number of anilines is 1. The Labute approximate surface area is 82.2 Å². The van der Waals surface area contributed by atoms with Crippen molar-refractivity contribution in [1.82, 2.24) is 0 Å². The van der Waals surface area contributed by atoms with E-state index in [-0.39, 0.29) is 0 Å². The number of para-hydroxylation sites is 1. The summed E-state index contributed by atoms with van der Waals surface area (Å²) >= 11 is 0. The fraction of sp³-hybridized carbons (Fsp3) is 0.300. The molecule has 0 fully saturated rings. The van der Waals surface area contributed by atoms with E-state index in [4.69, 9.17) is 10.2 Å². The molecule has 1 atom stereocenters. The van der Waals surface area contributed by atoms with Crippen LogP contribution >= 0.6 is 0 Å². The quantitative estimate of drug-likeness (QED) is 0.649. The van der Waals surface area contributed by atoms with E-state index in [1.54, 1.807) is 12.1 Å². The topological polar surface area (TPSA) is 69.6 Å². The SMILES string of the molecule is Cc1ccccc1NC(=O)C(O)CO. The van der Waals surface area contributed by atoms with Crippen molar-refractivity contribution in [3.63, 3.8) is 0 Å². The lowest BCUT2D eigenvalue weighted by Gasteiger charge is -2.10. The lowest BCUT2D eigenvalue weighted by Crippen LogP contribution is -2.30. The number of aryl methyl sites for hydroxylation is 1. The zero-order valence-electron chi connectivity index (χ0n) is 7.90. The third-order valence-electron chi connectivity index (χ3n) is 1.88. The Kier molecular flexibility index (Phi) is 3.62. The first-order valence-electron chi connectivity index (χ1n) is 4.30. The molecule has 1 unspecified atom stereocenters. The average molecular weight is 195 g/mol. The molecule has 3 N–H and O–H groups in total. The van der Waals surface area contributed by atoms with Crippen LogP contribution in [0.3, 0.4) is 0 Å². The normalized spacial score (nSPS) is 12.2. The Morgan fingerprint density at radius 2 is 2.14 bits per heavy atom. The fourth-order valence-corrected chi connectivity index (χ4v) is 1.01. The van der Waals surface area contributed by atoms with Gasteiger partial charge in [0.2, 0.25) is 0 Å². The molecule has 0 heterocycles. The number of nitrogens with one attached hydrogen (secondary N) is 1. The lowest BCUT2D eigenvalue weighted by molar-refractivity contribution is -0.125. The monoisotopic (exact) mass is 195 g/mol. The van der Waals surface area contributed by atoms with Gasteiger partial charge in [0, 0.05) is 5.69 Å². The molecule has 1 rings (SSSR count). The number of rotatable bonds is 3. The van der Waals surface area contributed by atoms with E-state index in [2.05, 4.69) is 5.32 Å². The molecule has 0 spiro atoms. The van der Waals surface area contributed by atoms with Crippen LogP contribution in [0.5, 0.6) is 0 Å². The molecule has 0 aliphatic carbocycles. The molecule has 1 amide bonds. The molecular formula is C10H13NO3. The van der Waals surface area contributed by atoms with Gasteiger partial charge in [0.1, 0.15) is 0 Å². The van der Waals surface area contributed by atoms with Crippen molar-refractivity contribution in [1.29, 1.82) is 0 Å². The second-order valence-electron chi connectivity index (χ2n) is 3.00. The Hall–Kier alpha value is -1.39. The van der Waals surface area contributed by atoms with Gasteiger partial charge in [-0.15, -0.1) is 0 Å². The van der Waals surface area contributed by atoms with Crippen molar-refractivity contribution in [2.75, 3.05) is 11.9 Å². The minimum Gasteiger partial charge on any atom is -0.393 e. The summed E-state index contributed by atoms with van der Waals surface area (Å²) in [6.45, 7) is 1.28. The van der Waals surface area contributed by atoms with Gasteiger partial charge in [-0.1, -0.05) is 18.2 Å². The molecule has 14 heavy (non-hydrogen) atoms. The van der Waals surface area contributed by atoms with Crippen LogP contribution in [0.4, 0.5) is 5.69 Å². The van der Waals surface area contributed by atoms with E-state index in [1.165, 1.54) is 0 Å². The van der Waals surface area contributed by atoms with Crippen molar-refractivity contribution >= 4 is 11.6 Å². The summed E-state index contributed by atoms with van der Waals surface area (Å²) in [5, 5.41) is 20.1. The Balaban J connectivity index is 2.70. The van der Waals surface area contributed by atoms with E-state index in [0.717, 1.165) is 5.56 Å². The van der Waals surface area contributed by atoms with Gasteiger partial charge in [-0.3, -0.25) is 4.79 Å². The number of aliphatic hydroxyl groups is 2. The number of hydrogen-bond donors (Lipinski definition) is 3. The summed E-state index contributed by atoms with van der Waals surface area (Å²) in [6, 6.07) is 7.22. The highest BCUT2D eigenvalue weighted by molar-refractivity contribution is 5.94. The Bertz CT molecular complexity index is 325. The summed E-state index contributed by atoms with van der Waals surface area (Å²) < 4.78 is 0. The van der Waals surface area contributed by atoms with Crippen LogP contribution in [0.2, 0.25) is 0 Å². The average Bonchev–Trinajstić information content (AvgIpc) is 2.20. The molecule has 0 aliphatic heterocycles. The third-order valence-corrected chi connectivity index (χ3v) is 1.88.